The molecule has 0 aromatic rings. The molecule has 0 saturated heterocycles. The van der Waals surface area contributed by atoms with Crippen molar-refractivity contribution < 1.29 is 0 Å². The molecule has 4 bridgehead atoms. The van der Waals surface area contributed by atoms with Crippen molar-refractivity contribution in [3.8, 4) is 0 Å². The summed E-state index contributed by atoms with van der Waals surface area (Å²) in [5.41, 5.74) is 0.565. The minimum Gasteiger partial charge on any atom is -0.368 e. The van der Waals surface area contributed by atoms with Crippen molar-refractivity contribution in [3.05, 3.63) is 24.4 Å². The van der Waals surface area contributed by atoms with Crippen molar-refractivity contribution in [2.45, 2.75) is 44.1 Å². The number of nitrogens with zero attached hydrogens (tertiary/aromatic N) is 1. The minimum atomic E-state index is 0. The molecule has 1 nitrogen and oxygen atoms in total. The van der Waals surface area contributed by atoms with E-state index in [1.807, 2.05) is 0 Å². The lowest BCUT2D eigenvalue weighted by Gasteiger charge is -2.60. The lowest BCUT2D eigenvalue weighted by Crippen LogP contribution is -2.58. The van der Waals surface area contributed by atoms with Gasteiger partial charge in [-0.15, -0.1) is 17.0 Å². The average molecular weight is 296 g/mol. The number of halogens is 1. The molecule has 0 aromatic heterocycles. The predicted molar refractivity (Wildman–Crippen MR) is 76.2 cm³/mol. The highest BCUT2D eigenvalue weighted by Gasteiger charge is 2.52. The van der Waals surface area contributed by atoms with Gasteiger partial charge in [0.15, 0.2) is 0 Å². The molecule has 5 aliphatic rings. The Hall–Kier alpha value is -0.240. The molecule has 1 aliphatic heterocycles. The first kappa shape index (κ1) is 11.8. The van der Waals surface area contributed by atoms with Gasteiger partial charge in [0.1, 0.15) is 0 Å². The standard InChI is InChI=1S/C15H21N.BrH/c1-2-4-16(5-3-1)15-9-12-6-13(10-15)8-14(7-12)11-15;/h1-4,12-14H,5-11H2;1H. The summed E-state index contributed by atoms with van der Waals surface area (Å²) in [5.74, 6) is 3.18. The average Bonchev–Trinajstić information content (AvgIpc) is 2.28. The Morgan fingerprint density at radius 1 is 0.882 bits per heavy atom. The van der Waals surface area contributed by atoms with E-state index in [1.54, 1.807) is 19.3 Å². The van der Waals surface area contributed by atoms with Crippen molar-refractivity contribution in [1.29, 1.82) is 0 Å². The van der Waals surface area contributed by atoms with Gasteiger partial charge in [0.25, 0.3) is 0 Å². The Bertz CT molecular complexity index is 323. The minimum absolute atomic E-state index is 0. The fourth-order valence-corrected chi connectivity index (χ4v) is 5.24. The number of rotatable bonds is 1. The molecule has 4 saturated carbocycles. The zero-order valence-electron chi connectivity index (χ0n) is 10.3. The van der Waals surface area contributed by atoms with Crippen molar-refractivity contribution in [3.63, 3.8) is 0 Å². The molecule has 0 unspecified atom stereocenters. The second-order valence-electron chi connectivity index (χ2n) is 6.56. The predicted octanol–water partition coefficient (Wildman–Crippen LogP) is 3.92. The van der Waals surface area contributed by atoms with Crippen molar-refractivity contribution in [2.24, 2.45) is 17.8 Å². The van der Waals surface area contributed by atoms with Gasteiger partial charge in [-0.2, -0.15) is 0 Å². The Morgan fingerprint density at radius 2 is 1.47 bits per heavy atom. The van der Waals surface area contributed by atoms with E-state index >= 15 is 0 Å². The van der Waals surface area contributed by atoms with Crippen molar-refractivity contribution in [1.82, 2.24) is 4.90 Å². The monoisotopic (exact) mass is 295 g/mol. The molecule has 17 heavy (non-hydrogen) atoms. The van der Waals surface area contributed by atoms with Crippen LogP contribution in [0.5, 0.6) is 0 Å². The fourth-order valence-electron chi connectivity index (χ4n) is 5.24. The van der Waals surface area contributed by atoms with Crippen LogP contribution in [0.4, 0.5) is 0 Å². The van der Waals surface area contributed by atoms with Crippen LogP contribution in [0.25, 0.3) is 0 Å². The van der Waals surface area contributed by atoms with Crippen LogP contribution in [-0.4, -0.2) is 17.0 Å². The SMILES string of the molecule is Br.C1=CCN(C23CC4CC(CC(C4)C2)C3)C=C1. The molecular formula is C15H22BrN. The quantitative estimate of drug-likeness (QED) is 0.709. The van der Waals surface area contributed by atoms with Gasteiger partial charge in [0.2, 0.25) is 0 Å². The summed E-state index contributed by atoms with van der Waals surface area (Å²) in [6.07, 6.45) is 18.2. The van der Waals surface area contributed by atoms with E-state index in [4.69, 9.17) is 0 Å². The van der Waals surface area contributed by atoms with E-state index in [9.17, 15) is 0 Å². The third-order valence-electron chi connectivity index (χ3n) is 5.43. The molecule has 1 heterocycles. The van der Waals surface area contributed by atoms with Crippen LogP contribution in [0.1, 0.15) is 38.5 Å². The maximum atomic E-state index is 2.66. The number of hydrogen-bond donors (Lipinski definition) is 0. The molecule has 0 amide bonds. The molecule has 4 aliphatic carbocycles. The van der Waals surface area contributed by atoms with Crippen LogP contribution in [0.3, 0.4) is 0 Å². The molecule has 0 aromatic carbocycles. The molecule has 0 atom stereocenters. The fraction of sp³-hybridized carbons (Fsp3) is 0.733. The molecule has 0 N–H and O–H groups in total. The second-order valence-corrected chi connectivity index (χ2v) is 6.56. The van der Waals surface area contributed by atoms with Gasteiger partial charge in [-0.25, -0.2) is 0 Å². The molecule has 5 rings (SSSR count). The Labute approximate surface area is 115 Å². The lowest BCUT2D eigenvalue weighted by atomic mass is 9.52. The van der Waals surface area contributed by atoms with E-state index in [-0.39, 0.29) is 17.0 Å². The highest BCUT2D eigenvalue weighted by atomic mass is 79.9. The van der Waals surface area contributed by atoms with Gasteiger partial charge >= 0.3 is 0 Å². The van der Waals surface area contributed by atoms with Crippen LogP contribution in [-0.2, 0) is 0 Å². The molecule has 4 fully saturated rings. The summed E-state index contributed by atoms with van der Waals surface area (Å²) in [5, 5.41) is 0. The lowest BCUT2D eigenvalue weighted by molar-refractivity contribution is -0.0673. The van der Waals surface area contributed by atoms with Gasteiger partial charge in [-0.1, -0.05) is 12.2 Å². The summed E-state index contributed by atoms with van der Waals surface area (Å²) in [6, 6.07) is 0. The van der Waals surface area contributed by atoms with Crippen LogP contribution >= 0.6 is 17.0 Å². The zero-order valence-corrected chi connectivity index (χ0v) is 12.1. The van der Waals surface area contributed by atoms with Gasteiger partial charge in [0.05, 0.1) is 0 Å². The number of allylic oxidation sites excluding steroid dienone is 2. The second kappa shape index (κ2) is 4.15. The van der Waals surface area contributed by atoms with Gasteiger partial charge in [0, 0.05) is 12.1 Å². The first-order valence-corrected chi connectivity index (χ1v) is 6.94. The van der Waals surface area contributed by atoms with Gasteiger partial charge in [-0.3, -0.25) is 0 Å². The highest BCUT2D eigenvalue weighted by Crippen LogP contribution is 2.57. The summed E-state index contributed by atoms with van der Waals surface area (Å²) in [6.45, 7) is 1.16. The van der Waals surface area contributed by atoms with E-state index in [2.05, 4.69) is 29.3 Å². The molecule has 0 spiro atoms. The topological polar surface area (TPSA) is 3.24 Å². The Balaban J connectivity index is 0.000000902. The number of hydrogen-bond acceptors (Lipinski definition) is 1. The normalized spacial score (nSPS) is 46.1. The first-order valence-electron chi connectivity index (χ1n) is 6.94. The molecule has 0 radical (unpaired) electrons. The smallest absolute Gasteiger partial charge is 0.0408 e. The van der Waals surface area contributed by atoms with Crippen LogP contribution in [0, 0.1) is 17.8 Å². The van der Waals surface area contributed by atoms with E-state index in [0.29, 0.717) is 5.54 Å². The molecular weight excluding hydrogens is 274 g/mol. The Morgan fingerprint density at radius 3 is 1.94 bits per heavy atom. The molecule has 94 valence electrons. The van der Waals surface area contributed by atoms with E-state index < -0.39 is 0 Å². The first-order chi connectivity index (χ1) is 7.84. The summed E-state index contributed by atoms with van der Waals surface area (Å²) in [7, 11) is 0. The third kappa shape index (κ3) is 1.80. The van der Waals surface area contributed by atoms with Crippen molar-refractivity contribution in [2.75, 3.05) is 6.54 Å². The van der Waals surface area contributed by atoms with Gasteiger partial charge in [-0.05, 0) is 68.6 Å². The highest BCUT2D eigenvalue weighted by molar-refractivity contribution is 8.93. The largest absolute Gasteiger partial charge is 0.368 e. The van der Waals surface area contributed by atoms with Crippen molar-refractivity contribution >= 4 is 17.0 Å². The maximum absolute atomic E-state index is 2.66. The maximum Gasteiger partial charge on any atom is 0.0408 e. The van der Waals surface area contributed by atoms with E-state index in [1.165, 1.54) is 19.3 Å². The Kier molecular flexibility index (Phi) is 2.89. The van der Waals surface area contributed by atoms with Crippen LogP contribution < -0.4 is 0 Å². The zero-order chi connectivity index (χ0) is 10.6. The van der Waals surface area contributed by atoms with Crippen LogP contribution in [0.15, 0.2) is 24.4 Å². The third-order valence-corrected chi connectivity index (χ3v) is 5.43. The summed E-state index contributed by atoms with van der Waals surface area (Å²) >= 11 is 0. The molecule has 2 heteroatoms. The van der Waals surface area contributed by atoms with Gasteiger partial charge < -0.3 is 4.90 Å². The summed E-state index contributed by atoms with van der Waals surface area (Å²) < 4.78 is 0. The summed E-state index contributed by atoms with van der Waals surface area (Å²) in [4.78, 5) is 2.66. The van der Waals surface area contributed by atoms with E-state index in [0.717, 1.165) is 24.3 Å². The van der Waals surface area contributed by atoms with Crippen LogP contribution in [0.2, 0.25) is 0 Å².